The Labute approximate surface area is 221 Å². The fourth-order valence-corrected chi connectivity index (χ4v) is 5.30. The Hall–Kier alpha value is -2.13. The van der Waals surface area contributed by atoms with E-state index in [1.807, 2.05) is 11.8 Å². The normalized spacial score (nSPS) is 20.1. The zero-order valence-electron chi connectivity index (χ0n) is 21.4. The Morgan fingerprint density at radius 3 is 2.22 bits per heavy atom. The standard InChI is InChI=1S/C23H40N4O9S/c1-32-21(30)15-36-13-11-34-9-7-25-20(29)14-35-12-10-33-8-6-24-19(28)5-3-2-4-18-22-17(16-37-18)26-23(31)27-22/h17-18,22H,2-16H2,1H3,(H,24,28)(H,25,29)(H2,26,27,31)/t17-,18-,22-/m0/s1. The van der Waals surface area contributed by atoms with Crippen molar-refractivity contribution in [1.82, 2.24) is 21.3 Å². The van der Waals surface area contributed by atoms with Crippen molar-refractivity contribution in [3.8, 4) is 0 Å². The maximum atomic E-state index is 11.9. The summed E-state index contributed by atoms with van der Waals surface area (Å²) in [5.74, 6) is 0.247. The van der Waals surface area contributed by atoms with E-state index in [1.165, 1.54) is 7.11 Å². The Bertz CT molecular complexity index is 716. The Morgan fingerprint density at radius 1 is 0.865 bits per heavy atom. The Morgan fingerprint density at radius 2 is 1.51 bits per heavy atom. The van der Waals surface area contributed by atoms with E-state index in [1.54, 1.807) is 0 Å². The van der Waals surface area contributed by atoms with Gasteiger partial charge >= 0.3 is 12.0 Å². The number of nitrogens with one attached hydrogen (secondary N) is 4. The van der Waals surface area contributed by atoms with Gasteiger partial charge in [-0.2, -0.15) is 11.8 Å². The highest BCUT2D eigenvalue weighted by atomic mass is 32.2. The van der Waals surface area contributed by atoms with Crippen LogP contribution < -0.4 is 21.3 Å². The summed E-state index contributed by atoms with van der Waals surface area (Å²) >= 11 is 1.88. The number of ether oxygens (including phenoxy) is 5. The van der Waals surface area contributed by atoms with Gasteiger partial charge in [-0.05, 0) is 12.8 Å². The highest BCUT2D eigenvalue weighted by Crippen LogP contribution is 2.33. The number of rotatable bonds is 21. The highest BCUT2D eigenvalue weighted by Gasteiger charge is 2.42. The van der Waals surface area contributed by atoms with Crippen LogP contribution in [0.1, 0.15) is 25.7 Å². The van der Waals surface area contributed by atoms with Crippen LogP contribution in [0.15, 0.2) is 0 Å². The summed E-state index contributed by atoms with van der Waals surface area (Å²) in [6, 6.07) is 0.368. The van der Waals surface area contributed by atoms with Gasteiger partial charge in [0.25, 0.3) is 0 Å². The monoisotopic (exact) mass is 548 g/mol. The van der Waals surface area contributed by atoms with Crippen molar-refractivity contribution >= 4 is 35.6 Å². The highest BCUT2D eigenvalue weighted by molar-refractivity contribution is 8.00. The Kier molecular flexibility index (Phi) is 16.0. The fraction of sp³-hybridized carbons (Fsp3) is 0.826. The van der Waals surface area contributed by atoms with Gasteiger partial charge in [-0.25, -0.2) is 9.59 Å². The molecule has 4 N–H and O–H groups in total. The van der Waals surface area contributed by atoms with Gasteiger partial charge in [-0.3, -0.25) is 9.59 Å². The van der Waals surface area contributed by atoms with Crippen molar-refractivity contribution in [2.75, 3.05) is 78.8 Å². The van der Waals surface area contributed by atoms with Gasteiger partial charge in [0.15, 0.2) is 0 Å². The van der Waals surface area contributed by atoms with Crippen LogP contribution in [0.5, 0.6) is 0 Å². The molecule has 2 aliphatic heterocycles. The van der Waals surface area contributed by atoms with E-state index in [9.17, 15) is 19.2 Å². The van der Waals surface area contributed by atoms with Crippen LogP contribution in [0.3, 0.4) is 0 Å². The van der Waals surface area contributed by atoms with Crippen molar-refractivity contribution in [2.45, 2.75) is 43.0 Å². The summed E-state index contributed by atoms with van der Waals surface area (Å²) in [6.45, 7) is 2.42. The molecule has 2 fully saturated rings. The minimum atomic E-state index is -0.445. The molecule has 13 nitrogen and oxygen atoms in total. The molecule has 14 heteroatoms. The largest absolute Gasteiger partial charge is 0.467 e. The van der Waals surface area contributed by atoms with E-state index in [0.717, 1.165) is 25.0 Å². The molecule has 0 aromatic heterocycles. The number of unbranched alkanes of at least 4 members (excludes halogenated alkanes) is 1. The van der Waals surface area contributed by atoms with E-state index in [2.05, 4.69) is 26.0 Å². The summed E-state index contributed by atoms with van der Waals surface area (Å²) in [4.78, 5) is 45.9. The van der Waals surface area contributed by atoms with E-state index in [0.29, 0.717) is 51.2 Å². The van der Waals surface area contributed by atoms with Crippen molar-refractivity contribution in [2.24, 2.45) is 0 Å². The molecule has 0 radical (unpaired) electrons. The second-order valence-corrected chi connectivity index (χ2v) is 9.75. The van der Waals surface area contributed by atoms with Gasteiger partial charge in [0.05, 0.1) is 58.8 Å². The van der Waals surface area contributed by atoms with E-state index < -0.39 is 5.97 Å². The van der Waals surface area contributed by atoms with Crippen LogP contribution in [-0.2, 0) is 38.1 Å². The Balaban J connectivity index is 1.29. The molecule has 0 bridgehead atoms. The number of amides is 4. The number of carbonyl (C=O) groups excluding carboxylic acids is 4. The third kappa shape index (κ3) is 13.8. The molecule has 0 saturated carbocycles. The van der Waals surface area contributed by atoms with Crippen LogP contribution in [0.25, 0.3) is 0 Å². The van der Waals surface area contributed by atoms with E-state index in [4.69, 9.17) is 18.9 Å². The third-order valence-corrected chi connectivity index (χ3v) is 7.15. The molecule has 2 rings (SSSR count). The molecule has 0 spiro atoms. The first kappa shape index (κ1) is 31.1. The summed E-state index contributed by atoms with van der Waals surface area (Å²) in [7, 11) is 1.29. The molecule has 4 amide bonds. The predicted octanol–water partition coefficient (Wildman–Crippen LogP) is -0.816. The second-order valence-electron chi connectivity index (χ2n) is 8.47. The minimum Gasteiger partial charge on any atom is -0.467 e. The molecule has 37 heavy (non-hydrogen) atoms. The molecule has 2 saturated heterocycles. The van der Waals surface area contributed by atoms with Crippen LogP contribution in [0.4, 0.5) is 4.79 Å². The number of fused-ring (bicyclic) bond motifs is 1. The van der Waals surface area contributed by atoms with Crippen LogP contribution in [0, 0.1) is 0 Å². The van der Waals surface area contributed by atoms with Gasteiger partial charge in [0, 0.05) is 30.5 Å². The molecule has 0 aromatic carbocycles. The average molecular weight is 549 g/mol. The average Bonchev–Trinajstić information content (AvgIpc) is 3.43. The first-order chi connectivity index (χ1) is 18.0. The maximum Gasteiger partial charge on any atom is 0.331 e. The number of esters is 1. The van der Waals surface area contributed by atoms with Crippen molar-refractivity contribution < 1.29 is 42.9 Å². The molecule has 0 aromatic rings. The number of urea groups is 1. The van der Waals surface area contributed by atoms with E-state index >= 15 is 0 Å². The molecular weight excluding hydrogens is 508 g/mol. The SMILES string of the molecule is COC(=O)COCCOCCNC(=O)COCCOCCNC(=O)CCCC[C@@H]1SC[C@@H]2NC(=O)N[C@@H]21. The van der Waals surface area contributed by atoms with Gasteiger partial charge < -0.3 is 45.0 Å². The molecule has 212 valence electrons. The van der Waals surface area contributed by atoms with Gasteiger partial charge in [-0.15, -0.1) is 0 Å². The van der Waals surface area contributed by atoms with Gasteiger partial charge in [0.1, 0.15) is 13.2 Å². The zero-order chi connectivity index (χ0) is 26.7. The third-order valence-electron chi connectivity index (χ3n) is 5.64. The lowest BCUT2D eigenvalue weighted by atomic mass is 10.0. The molecule has 0 unspecified atom stereocenters. The minimum absolute atomic E-state index is 0.00186. The van der Waals surface area contributed by atoms with Crippen LogP contribution in [-0.4, -0.2) is 120 Å². The number of carbonyl (C=O) groups is 4. The lowest BCUT2D eigenvalue weighted by molar-refractivity contribution is -0.146. The number of hydrogen-bond acceptors (Lipinski definition) is 10. The van der Waals surface area contributed by atoms with Crippen LogP contribution >= 0.6 is 11.8 Å². The van der Waals surface area contributed by atoms with Crippen molar-refractivity contribution in [1.29, 1.82) is 0 Å². The second kappa shape index (κ2) is 19.0. The summed E-state index contributed by atoms with van der Waals surface area (Å²) in [6.07, 6.45) is 3.23. The van der Waals surface area contributed by atoms with Crippen molar-refractivity contribution in [3.63, 3.8) is 0 Å². The maximum absolute atomic E-state index is 11.9. The lowest BCUT2D eigenvalue weighted by Gasteiger charge is -2.16. The van der Waals surface area contributed by atoms with Crippen molar-refractivity contribution in [3.05, 3.63) is 0 Å². The molecule has 3 atom stereocenters. The summed E-state index contributed by atoms with van der Waals surface area (Å²) in [5.41, 5.74) is 0. The molecular formula is C23H40N4O9S. The first-order valence-electron chi connectivity index (χ1n) is 12.6. The van der Waals surface area contributed by atoms with Gasteiger partial charge in [0.2, 0.25) is 11.8 Å². The topological polar surface area (TPSA) is 163 Å². The zero-order valence-corrected chi connectivity index (χ0v) is 22.2. The summed E-state index contributed by atoms with van der Waals surface area (Å²) in [5, 5.41) is 11.8. The number of hydrogen-bond donors (Lipinski definition) is 4. The lowest BCUT2D eigenvalue weighted by Crippen LogP contribution is -2.36. The fourth-order valence-electron chi connectivity index (χ4n) is 3.76. The number of thioether (sulfide) groups is 1. The van der Waals surface area contributed by atoms with Crippen LogP contribution in [0.2, 0.25) is 0 Å². The molecule has 2 heterocycles. The van der Waals surface area contributed by atoms with Gasteiger partial charge in [-0.1, -0.05) is 6.42 Å². The summed E-state index contributed by atoms with van der Waals surface area (Å²) < 4.78 is 25.4. The predicted molar refractivity (Wildman–Crippen MR) is 135 cm³/mol. The molecule has 0 aliphatic carbocycles. The first-order valence-corrected chi connectivity index (χ1v) is 13.6. The smallest absolute Gasteiger partial charge is 0.331 e. The quantitative estimate of drug-likeness (QED) is 0.0810. The molecule has 2 aliphatic rings. The van der Waals surface area contributed by atoms with E-state index in [-0.39, 0.29) is 56.4 Å². The number of methoxy groups -OCH3 is 1.